The Morgan fingerprint density at radius 2 is 2.25 bits per heavy atom. The predicted molar refractivity (Wildman–Crippen MR) is 48.5 cm³/mol. The summed E-state index contributed by atoms with van der Waals surface area (Å²) in [7, 11) is 0. The molecule has 3 heteroatoms. The van der Waals surface area contributed by atoms with E-state index >= 15 is 0 Å². The Kier molecular flexibility index (Phi) is 1.95. The summed E-state index contributed by atoms with van der Waals surface area (Å²) in [6.07, 6.45) is 1.08. The Labute approximate surface area is 76.2 Å². The molecular formula is C9H10ClNO. The van der Waals surface area contributed by atoms with E-state index in [1.807, 2.05) is 6.07 Å². The molecule has 0 unspecified atom stereocenters. The summed E-state index contributed by atoms with van der Waals surface area (Å²) in [5.74, 6) is 0.330. The molecule has 1 aromatic carbocycles. The van der Waals surface area contributed by atoms with Crippen molar-refractivity contribution in [2.45, 2.75) is 12.5 Å². The molecule has 1 aliphatic rings. The summed E-state index contributed by atoms with van der Waals surface area (Å²) >= 11 is 5.80. The van der Waals surface area contributed by atoms with Gasteiger partial charge in [0.05, 0.1) is 0 Å². The van der Waals surface area contributed by atoms with Crippen LogP contribution in [0.25, 0.3) is 0 Å². The standard InChI is InChI=1S/C9H10ClNO/c10-6-1-2-9(12)7(5-6)8-3-4-11-8/h1-2,5,8,11-12H,3-4H2/t8-/m0/s1. The molecule has 0 spiro atoms. The fourth-order valence-corrected chi connectivity index (χ4v) is 1.54. The quantitative estimate of drug-likeness (QED) is 0.699. The predicted octanol–water partition coefficient (Wildman–Crippen LogP) is 2.08. The van der Waals surface area contributed by atoms with Crippen molar-refractivity contribution in [3.8, 4) is 5.75 Å². The first kappa shape index (κ1) is 7.90. The van der Waals surface area contributed by atoms with E-state index in [1.165, 1.54) is 0 Å². The Balaban J connectivity index is 2.34. The van der Waals surface area contributed by atoms with Crippen LogP contribution in [-0.2, 0) is 0 Å². The van der Waals surface area contributed by atoms with Crippen molar-refractivity contribution in [3.63, 3.8) is 0 Å². The summed E-state index contributed by atoms with van der Waals surface area (Å²) in [6.45, 7) is 1.02. The van der Waals surface area contributed by atoms with Gasteiger partial charge in [-0.15, -0.1) is 0 Å². The second-order valence-electron chi connectivity index (χ2n) is 3.00. The number of halogens is 1. The maximum Gasteiger partial charge on any atom is 0.120 e. The van der Waals surface area contributed by atoms with Gasteiger partial charge in [-0.25, -0.2) is 0 Å². The van der Waals surface area contributed by atoms with Gasteiger partial charge in [-0.3, -0.25) is 0 Å². The molecule has 0 amide bonds. The van der Waals surface area contributed by atoms with Crippen molar-refractivity contribution in [3.05, 3.63) is 28.8 Å². The Morgan fingerprint density at radius 3 is 2.83 bits per heavy atom. The van der Waals surface area contributed by atoms with E-state index in [2.05, 4.69) is 5.32 Å². The highest BCUT2D eigenvalue weighted by molar-refractivity contribution is 6.30. The Morgan fingerprint density at radius 1 is 1.50 bits per heavy atom. The van der Waals surface area contributed by atoms with Crippen LogP contribution in [-0.4, -0.2) is 11.7 Å². The molecule has 0 bridgehead atoms. The van der Waals surface area contributed by atoms with Crippen molar-refractivity contribution in [1.82, 2.24) is 5.32 Å². The van der Waals surface area contributed by atoms with E-state index < -0.39 is 0 Å². The van der Waals surface area contributed by atoms with Crippen molar-refractivity contribution in [2.75, 3.05) is 6.54 Å². The van der Waals surface area contributed by atoms with Crippen LogP contribution in [0.3, 0.4) is 0 Å². The van der Waals surface area contributed by atoms with Crippen LogP contribution >= 0.6 is 11.6 Å². The van der Waals surface area contributed by atoms with Crippen LogP contribution in [0.5, 0.6) is 5.75 Å². The topological polar surface area (TPSA) is 32.3 Å². The molecule has 2 rings (SSSR count). The molecule has 0 radical (unpaired) electrons. The molecule has 1 heterocycles. The third kappa shape index (κ3) is 1.28. The molecule has 2 N–H and O–H groups in total. The van der Waals surface area contributed by atoms with Gasteiger partial charge in [0.2, 0.25) is 0 Å². The van der Waals surface area contributed by atoms with E-state index in [4.69, 9.17) is 11.6 Å². The molecule has 0 aliphatic carbocycles. The first-order chi connectivity index (χ1) is 5.77. The van der Waals surface area contributed by atoms with Crippen LogP contribution in [0.1, 0.15) is 18.0 Å². The normalized spacial score (nSPS) is 21.9. The lowest BCUT2D eigenvalue weighted by atomic mass is 9.97. The molecule has 12 heavy (non-hydrogen) atoms. The third-order valence-electron chi connectivity index (χ3n) is 2.19. The number of phenolic OH excluding ortho intramolecular Hbond substituents is 1. The lowest BCUT2D eigenvalue weighted by Crippen LogP contribution is -2.34. The fourth-order valence-electron chi connectivity index (χ4n) is 1.36. The molecular weight excluding hydrogens is 174 g/mol. The molecule has 2 nitrogen and oxygen atoms in total. The number of phenols is 1. The Bertz CT molecular complexity index is 297. The van der Waals surface area contributed by atoms with E-state index in [-0.39, 0.29) is 0 Å². The molecule has 0 aromatic heterocycles. The molecule has 64 valence electrons. The average Bonchev–Trinajstić information content (AvgIpc) is 1.93. The van der Waals surface area contributed by atoms with Gasteiger partial charge in [0.15, 0.2) is 0 Å². The summed E-state index contributed by atoms with van der Waals surface area (Å²) in [5, 5.41) is 13.4. The number of nitrogens with one attached hydrogen (secondary N) is 1. The highest BCUT2D eigenvalue weighted by Crippen LogP contribution is 2.32. The van der Waals surface area contributed by atoms with Crippen LogP contribution in [0.4, 0.5) is 0 Å². The second kappa shape index (κ2) is 2.96. The van der Waals surface area contributed by atoms with E-state index in [9.17, 15) is 5.11 Å². The minimum absolute atomic E-state index is 0.295. The third-order valence-corrected chi connectivity index (χ3v) is 2.42. The van der Waals surface area contributed by atoms with Crippen molar-refractivity contribution < 1.29 is 5.11 Å². The minimum atomic E-state index is 0.295. The van der Waals surface area contributed by atoms with Crippen molar-refractivity contribution in [2.24, 2.45) is 0 Å². The van der Waals surface area contributed by atoms with Gasteiger partial charge in [0, 0.05) is 16.6 Å². The second-order valence-corrected chi connectivity index (χ2v) is 3.43. The molecule has 1 saturated heterocycles. The van der Waals surface area contributed by atoms with Gasteiger partial charge >= 0.3 is 0 Å². The van der Waals surface area contributed by atoms with Crippen LogP contribution in [0, 0.1) is 0 Å². The number of hydrogen-bond donors (Lipinski definition) is 2. The maximum absolute atomic E-state index is 9.47. The van der Waals surface area contributed by atoms with Crippen LogP contribution in [0.2, 0.25) is 5.02 Å². The van der Waals surface area contributed by atoms with Gasteiger partial charge in [0.1, 0.15) is 5.75 Å². The van der Waals surface area contributed by atoms with Gasteiger partial charge in [-0.2, -0.15) is 0 Å². The monoisotopic (exact) mass is 183 g/mol. The summed E-state index contributed by atoms with van der Waals surface area (Å²) < 4.78 is 0. The highest BCUT2D eigenvalue weighted by atomic mass is 35.5. The van der Waals surface area contributed by atoms with Crippen molar-refractivity contribution >= 4 is 11.6 Å². The molecule has 1 fully saturated rings. The number of aromatic hydroxyl groups is 1. The average molecular weight is 184 g/mol. The van der Waals surface area contributed by atoms with Crippen LogP contribution < -0.4 is 5.32 Å². The van der Waals surface area contributed by atoms with Gasteiger partial charge in [0.25, 0.3) is 0 Å². The highest BCUT2D eigenvalue weighted by Gasteiger charge is 2.21. The largest absolute Gasteiger partial charge is 0.508 e. The SMILES string of the molecule is Oc1ccc(Cl)cc1[C@@H]1CCN1. The number of rotatable bonds is 1. The first-order valence-electron chi connectivity index (χ1n) is 3.99. The smallest absolute Gasteiger partial charge is 0.120 e. The van der Waals surface area contributed by atoms with E-state index in [1.54, 1.807) is 12.1 Å². The van der Waals surface area contributed by atoms with Gasteiger partial charge < -0.3 is 10.4 Å². The fraction of sp³-hybridized carbons (Fsp3) is 0.333. The minimum Gasteiger partial charge on any atom is -0.508 e. The zero-order chi connectivity index (χ0) is 8.55. The molecule has 0 saturated carbocycles. The van der Waals surface area contributed by atoms with Gasteiger partial charge in [-0.05, 0) is 31.2 Å². The summed E-state index contributed by atoms with van der Waals surface area (Å²) in [4.78, 5) is 0. The zero-order valence-corrected chi connectivity index (χ0v) is 7.30. The number of hydrogen-bond acceptors (Lipinski definition) is 2. The van der Waals surface area contributed by atoms with Crippen LogP contribution in [0.15, 0.2) is 18.2 Å². The van der Waals surface area contributed by atoms with Crippen molar-refractivity contribution in [1.29, 1.82) is 0 Å². The summed E-state index contributed by atoms with van der Waals surface area (Å²) in [5.41, 5.74) is 0.911. The zero-order valence-electron chi connectivity index (χ0n) is 6.55. The maximum atomic E-state index is 9.47. The lowest BCUT2D eigenvalue weighted by molar-refractivity contribution is 0.364. The molecule has 1 aliphatic heterocycles. The van der Waals surface area contributed by atoms with E-state index in [0.29, 0.717) is 16.8 Å². The Hall–Kier alpha value is -0.730. The number of benzene rings is 1. The molecule has 1 aromatic rings. The van der Waals surface area contributed by atoms with E-state index in [0.717, 1.165) is 18.5 Å². The summed E-state index contributed by atoms with van der Waals surface area (Å²) in [6, 6.07) is 5.44. The lowest BCUT2D eigenvalue weighted by Gasteiger charge is -2.28. The first-order valence-corrected chi connectivity index (χ1v) is 4.37. The van der Waals surface area contributed by atoms with Gasteiger partial charge in [-0.1, -0.05) is 11.6 Å². The molecule has 1 atom stereocenters.